The van der Waals surface area contributed by atoms with Gasteiger partial charge < -0.3 is 20.8 Å². The van der Waals surface area contributed by atoms with Gasteiger partial charge in [0.25, 0.3) is 0 Å². The standard InChI is InChI=1S/C27H38N4O/c1-3-20-9-13-30(14-10-20)18-21-5-8-27-25(15-21)26(19-31(27)12-4-11-28)24-7-6-23(32-2)16-22(24)17-29/h5-8,15-16,19-20H,3-4,9-14,17-18,28-29H2,1-2H3. The van der Waals surface area contributed by atoms with Gasteiger partial charge in [0.2, 0.25) is 0 Å². The molecule has 0 radical (unpaired) electrons. The molecule has 0 saturated carbocycles. The number of hydrogen-bond donors (Lipinski definition) is 2. The van der Waals surface area contributed by atoms with Gasteiger partial charge in [0.1, 0.15) is 5.75 Å². The maximum Gasteiger partial charge on any atom is 0.119 e. The summed E-state index contributed by atoms with van der Waals surface area (Å²) < 4.78 is 7.78. The number of hydrogen-bond acceptors (Lipinski definition) is 4. The van der Waals surface area contributed by atoms with E-state index >= 15 is 0 Å². The summed E-state index contributed by atoms with van der Waals surface area (Å²) in [5.74, 6) is 1.75. The molecule has 1 aromatic heterocycles. The molecule has 2 aromatic carbocycles. The summed E-state index contributed by atoms with van der Waals surface area (Å²) in [6, 6.07) is 13.2. The largest absolute Gasteiger partial charge is 0.497 e. The van der Waals surface area contributed by atoms with Crippen molar-refractivity contribution in [1.29, 1.82) is 0 Å². The summed E-state index contributed by atoms with van der Waals surface area (Å²) in [5, 5.41) is 1.29. The van der Waals surface area contributed by atoms with Crippen LogP contribution >= 0.6 is 0 Å². The molecule has 1 fully saturated rings. The number of rotatable bonds is 9. The number of nitrogens with two attached hydrogens (primary N) is 2. The summed E-state index contributed by atoms with van der Waals surface area (Å²) in [5.41, 5.74) is 18.1. The minimum atomic E-state index is 0.480. The highest BCUT2D eigenvalue weighted by atomic mass is 16.5. The molecule has 32 heavy (non-hydrogen) atoms. The Morgan fingerprint density at radius 1 is 1.03 bits per heavy atom. The van der Waals surface area contributed by atoms with Crippen LogP contribution in [0.4, 0.5) is 0 Å². The number of ether oxygens (including phenoxy) is 1. The van der Waals surface area contributed by atoms with Crippen LogP contribution in [0, 0.1) is 5.92 Å². The number of fused-ring (bicyclic) bond motifs is 1. The Kier molecular flexibility index (Phi) is 7.51. The van der Waals surface area contributed by atoms with Gasteiger partial charge in [-0.3, -0.25) is 4.90 Å². The van der Waals surface area contributed by atoms with Crippen molar-refractivity contribution in [2.75, 3.05) is 26.7 Å². The van der Waals surface area contributed by atoms with E-state index in [2.05, 4.69) is 52.9 Å². The summed E-state index contributed by atoms with van der Waals surface area (Å²) in [6.07, 6.45) is 7.20. The van der Waals surface area contributed by atoms with Gasteiger partial charge in [0.15, 0.2) is 0 Å². The van der Waals surface area contributed by atoms with E-state index in [1.807, 2.05) is 6.07 Å². The van der Waals surface area contributed by atoms with Crippen LogP contribution in [0.3, 0.4) is 0 Å². The third-order valence-corrected chi connectivity index (χ3v) is 7.06. The van der Waals surface area contributed by atoms with Crippen molar-refractivity contribution in [3.05, 3.63) is 53.7 Å². The SMILES string of the molecule is CCC1CCN(Cc2ccc3c(c2)c(-c2ccc(OC)cc2CN)cn3CCCN)CC1. The van der Waals surface area contributed by atoms with E-state index in [9.17, 15) is 0 Å². The van der Waals surface area contributed by atoms with Gasteiger partial charge >= 0.3 is 0 Å². The van der Waals surface area contributed by atoms with Crippen molar-refractivity contribution in [3.8, 4) is 16.9 Å². The average molecular weight is 435 g/mol. The van der Waals surface area contributed by atoms with E-state index in [0.717, 1.165) is 36.7 Å². The summed E-state index contributed by atoms with van der Waals surface area (Å²) in [6.45, 7) is 7.84. The minimum absolute atomic E-state index is 0.480. The smallest absolute Gasteiger partial charge is 0.119 e. The Bertz CT molecular complexity index is 1030. The fraction of sp³-hybridized carbons (Fsp3) is 0.481. The van der Waals surface area contributed by atoms with Crippen LogP contribution in [-0.2, 0) is 19.6 Å². The van der Waals surface area contributed by atoms with Crippen molar-refractivity contribution in [1.82, 2.24) is 9.47 Å². The van der Waals surface area contributed by atoms with Crippen molar-refractivity contribution in [2.24, 2.45) is 17.4 Å². The lowest BCUT2D eigenvalue weighted by Crippen LogP contribution is -2.32. The zero-order valence-electron chi connectivity index (χ0n) is 19.6. The number of likely N-dealkylation sites (tertiary alicyclic amines) is 1. The fourth-order valence-electron chi connectivity index (χ4n) is 5.04. The normalized spacial score (nSPS) is 15.5. The molecule has 0 amide bonds. The molecule has 4 rings (SSSR count). The van der Waals surface area contributed by atoms with Gasteiger partial charge in [-0.15, -0.1) is 0 Å². The second kappa shape index (κ2) is 10.5. The van der Waals surface area contributed by atoms with Gasteiger partial charge in [-0.2, -0.15) is 0 Å². The van der Waals surface area contributed by atoms with Gasteiger partial charge in [-0.1, -0.05) is 25.5 Å². The predicted molar refractivity (Wildman–Crippen MR) is 134 cm³/mol. The van der Waals surface area contributed by atoms with Gasteiger partial charge in [0, 0.05) is 42.3 Å². The van der Waals surface area contributed by atoms with E-state index in [-0.39, 0.29) is 0 Å². The third-order valence-electron chi connectivity index (χ3n) is 7.06. The van der Waals surface area contributed by atoms with Crippen molar-refractivity contribution < 1.29 is 4.74 Å². The van der Waals surface area contributed by atoms with Gasteiger partial charge in [0.05, 0.1) is 7.11 Å². The zero-order chi connectivity index (χ0) is 22.5. The fourth-order valence-corrected chi connectivity index (χ4v) is 5.04. The maximum atomic E-state index is 6.13. The van der Waals surface area contributed by atoms with E-state index < -0.39 is 0 Å². The lowest BCUT2D eigenvalue weighted by atomic mass is 9.94. The van der Waals surface area contributed by atoms with Crippen molar-refractivity contribution in [2.45, 2.75) is 52.2 Å². The highest BCUT2D eigenvalue weighted by molar-refractivity contribution is 5.97. The zero-order valence-corrected chi connectivity index (χ0v) is 19.6. The Morgan fingerprint density at radius 3 is 2.53 bits per heavy atom. The highest BCUT2D eigenvalue weighted by Gasteiger charge is 2.19. The summed E-state index contributed by atoms with van der Waals surface area (Å²) in [7, 11) is 1.70. The van der Waals surface area contributed by atoms with Gasteiger partial charge in [-0.25, -0.2) is 0 Å². The van der Waals surface area contributed by atoms with Crippen LogP contribution in [-0.4, -0.2) is 36.2 Å². The van der Waals surface area contributed by atoms with E-state index in [1.165, 1.54) is 59.9 Å². The van der Waals surface area contributed by atoms with E-state index in [1.54, 1.807) is 7.11 Å². The molecule has 172 valence electrons. The van der Waals surface area contributed by atoms with Crippen LogP contribution in [0.1, 0.15) is 43.7 Å². The van der Waals surface area contributed by atoms with Crippen LogP contribution in [0.15, 0.2) is 42.6 Å². The Labute approximate surface area is 192 Å². The monoisotopic (exact) mass is 434 g/mol. The molecular formula is C27H38N4O. The molecule has 5 nitrogen and oxygen atoms in total. The molecular weight excluding hydrogens is 396 g/mol. The molecule has 2 heterocycles. The molecule has 1 saturated heterocycles. The second-order valence-corrected chi connectivity index (χ2v) is 9.08. The first-order chi connectivity index (χ1) is 15.7. The number of aromatic nitrogens is 1. The van der Waals surface area contributed by atoms with Crippen LogP contribution in [0.5, 0.6) is 5.75 Å². The van der Waals surface area contributed by atoms with Crippen LogP contribution in [0.25, 0.3) is 22.0 Å². The van der Waals surface area contributed by atoms with Crippen LogP contribution in [0.2, 0.25) is 0 Å². The molecule has 4 N–H and O–H groups in total. The molecule has 1 aliphatic heterocycles. The number of nitrogens with zero attached hydrogens (tertiary/aromatic N) is 2. The molecule has 3 aromatic rings. The maximum absolute atomic E-state index is 6.13. The molecule has 0 spiro atoms. The Morgan fingerprint density at radius 2 is 1.84 bits per heavy atom. The molecule has 1 aliphatic rings. The lowest BCUT2D eigenvalue weighted by molar-refractivity contribution is 0.175. The van der Waals surface area contributed by atoms with Gasteiger partial charge in [-0.05, 0) is 85.8 Å². The second-order valence-electron chi connectivity index (χ2n) is 9.08. The first-order valence-corrected chi connectivity index (χ1v) is 12.1. The van der Waals surface area contributed by atoms with Crippen LogP contribution < -0.4 is 16.2 Å². The van der Waals surface area contributed by atoms with E-state index in [0.29, 0.717) is 13.1 Å². The molecule has 0 aliphatic carbocycles. The third kappa shape index (κ3) is 4.85. The van der Waals surface area contributed by atoms with E-state index in [4.69, 9.17) is 16.2 Å². The average Bonchev–Trinajstić information content (AvgIpc) is 3.20. The number of methoxy groups -OCH3 is 1. The number of benzene rings is 2. The Balaban J connectivity index is 1.70. The lowest BCUT2D eigenvalue weighted by Gasteiger charge is -2.31. The molecule has 0 unspecified atom stereocenters. The highest BCUT2D eigenvalue weighted by Crippen LogP contribution is 2.35. The minimum Gasteiger partial charge on any atom is -0.497 e. The molecule has 0 atom stereocenters. The first-order valence-electron chi connectivity index (χ1n) is 12.1. The predicted octanol–water partition coefficient (Wildman–Crippen LogP) is 4.75. The topological polar surface area (TPSA) is 69.4 Å². The number of piperidine rings is 1. The van der Waals surface area contributed by atoms with Crippen molar-refractivity contribution >= 4 is 10.9 Å². The quantitative estimate of drug-likeness (QED) is 0.510. The summed E-state index contributed by atoms with van der Waals surface area (Å²) >= 11 is 0. The number of aryl methyl sites for hydroxylation is 1. The summed E-state index contributed by atoms with van der Waals surface area (Å²) in [4.78, 5) is 2.61. The Hall–Kier alpha value is -2.34. The first kappa shape index (κ1) is 22.8. The van der Waals surface area contributed by atoms with Crippen molar-refractivity contribution in [3.63, 3.8) is 0 Å². The molecule has 0 bridgehead atoms. The molecule has 5 heteroatoms.